The molecule has 0 aromatic heterocycles. The molecule has 0 radical (unpaired) electrons. The van der Waals surface area contributed by atoms with Gasteiger partial charge in [0, 0.05) is 12.5 Å². The molecule has 0 aliphatic heterocycles. The molecule has 0 unspecified atom stereocenters. The number of carboxylic acids is 1. The highest BCUT2D eigenvalue weighted by atomic mass is 28.4. The second-order valence-electron chi connectivity index (χ2n) is 8.22. The van der Waals surface area contributed by atoms with E-state index in [-0.39, 0.29) is 22.8 Å². The topological polar surface area (TPSA) is 65.0 Å². The van der Waals surface area contributed by atoms with E-state index in [1.807, 2.05) is 0 Å². The minimum absolute atomic E-state index is 0.0210. The van der Waals surface area contributed by atoms with Crippen molar-refractivity contribution in [1.82, 2.24) is 0 Å². The van der Waals surface area contributed by atoms with Crippen molar-refractivity contribution in [2.24, 2.45) is 0 Å². The summed E-state index contributed by atoms with van der Waals surface area (Å²) in [7, 11) is -0.235. The van der Waals surface area contributed by atoms with Crippen LogP contribution in [0.2, 0.25) is 18.1 Å². The van der Waals surface area contributed by atoms with E-state index in [1.165, 1.54) is 12.1 Å². The van der Waals surface area contributed by atoms with Gasteiger partial charge in [0.25, 0.3) is 0 Å². The molecule has 2 atom stereocenters. The maximum Gasteiger partial charge on any atom is 0.335 e. The van der Waals surface area contributed by atoms with E-state index in [4.69, 9.17) is 19.0 Å². The van der Waals surface area contributed by atoms with Crippen LogP contribution >= 0.6 is 0 Å². The second-order valence-corrected chi connectivity index (χ2v) is 13.0. The van der Waals surface area contributed by atoms with Crippen LogP contribution < -0.4 is 9.47 Å². The smallest absolute Gasteiger partial charge is 0.335 e. The summed E-state index contributed by atoms with van der Waals surface area (Å²) in [5.74, 6) is 0.0669. The quantitative estimate of drug-likeness (QED) is 0.738. The summed E-state index contributed by atoms with van der Waals surface area (Å²) < 4.78 is 17.8. The van der Waals surface area contributed by atoms with Gasteiger partial charge < -0.3 is 19.0 Å². The predicted molar refractivity (Wildman–Crippen MR) is 100 cm³/mol. The molecule has 25 heavy (non-hydrogen) atoms. The molecule has 0 spiro atoms. The molecule has 1 aromatic rings. The SMILES string of the molecule is COc1ccc(C(=O)O)cc1O[C@@H]1CC[C@H](O[Si](C)(C)C(C)(C)C)C1. The largest absolute Gasteiger partial charge is 0.493 e. The normalized spacial score (nSPS) is 21.2. The van der Waals surface area contributed by atoms with E-state index in [1.54, 1.807) is 13.2 Å². The number of benzene rings is 1. The molecule has 1 aliphatic carbocycles. The molecule has 0 saturated heterocycles. The molecule has 0 amide bonds. The minimum atomic E-state index is -1.79. The Bertz CT molecular complexity index is 621. The van der Waals surface area contributed by atoms with Crippen molar-refractivity contribution in [2.75, 3.05) is 7.11 Å². The first kappa shape index (κ1) is 19.8. The first-order valence-corrected chi connectivity index (χ1v) is 11.7. The zero-order valence-corrected chi connectivity index (χ0v) is 17.1. The van der Waals surface area contributed by atoms with Crippen LogP contribution in [0.1, 0.15) is 50.4 Å². The number of hydrogen-bond donors (Lipinski definition) is 1. The Morgan fingerprint density at radius 1 is 1.16 bits per heavy atom. The van der Waals surface area contributed by atoms with Crippen molar-refractivity contribution < 1.29 is 23.8 Å². The Labute approximate surface area is 151 Å². The zero-order chi connectivity index (χ0) is 18.8. The third-order valence-corrected chi connectivity index (χ3v) is 9.84. The van der Waals surface area contributed by atoms with Crippen LogP contribution in [0.15, 0.2) is 18.2 Å². The fraction of sp³-hybridized carbons (Fsp3) is 0.632. The lowest BCUT2D eigenvalue weighted by atomic mass is 10.2. The van der Waals surface area contributed by atoms with E-state index in [2.05, 4.69) is 33.9 Å². The predicted octanol–water partition coefficient (Wildman–Crippen LogP) is 4.72. The molecular formula is C19H30O5Si. The molecule has 140 valence electrons. The summed E-state index contributed by atoms with van der Waals surface area (Å²) in [5, 5.41) is 9.35. The number of carboxylic acid groups (broad SMARTS) is 1. The van der Waals surface area contributed by atoms with Crippen molar-refractivity contribution in [1.29, 1.82) is 0 Å². The molecule has 1 aliphatic rings. The molecule has 1 saturated carbocycles. The average molecular weight is 367 g/mol. The monoisotopic (exact) mass is 366 g/mol. The van der Waals surface area contributed by atoms with Crippen LogP contribution in [0.5, 0.6) is 11.5 Å². The van der Waals surface area contributed by atoms with E-state index in [0.717, 1.165) is 19.3 Å². The number of rotatable bonds is 6. The molecule has 1 N–H and O–H groups in total. The van der Waals surface area contributed by atoms with E-state index in [0.29, 0.717) is 11.5 Å². The minimum Gasteiger partial charge on any atom is -0.493 e. The van der Waals surface area contributed by atoms with Gasteiger partial charge in [-0.2, -0.15) is 0 Å². The molecule has 0 bridgehead atoms. The van der Waals surface area contributed by atoms with Gasteiger partial charge in [0.2, 0.25) is 0 Å². The van der Waals surface area contributed by atoms with Crippen LogP contribution in [-0.2, 0) is 4.43 Å². The Morgan fingerprint density at radius 2 is 1.80 bits per heavy atom. The number of aromatic carboxylic acids is 1. The van der Waals surface area contributed by atoms with Gasteiger partial charge in [0.1, 0.15) is 6.10 Å². The summed E-state index contributed by atoms with van der Waals surface area (Å²) in [4.78, 5) is 11.2. The van der Waals surface area contributed by atoms with E-state index < -0.39 is 14.3 Å². The van der Waals surface area contributed by atoms with Crippen molar-refractivity contribution in [3.8, 4) is 11.5 Å². The molecule has 0 heterocycles. The van der Waals surface area contributed by atoms with Gasteiger partial charge in [-0.05, 0) is 49.2 Å². The Morgan fingerprint density at radius 3 is 2.36 bits per heavy atom. The van der Waals surface area contributed by atoms with Gasteiger partial charge in [0.15, 0.2) is 19.8 Å². The van der Waals surface area contributed by atoms with Gasteiger partial charge in [-0.25, -0.2) is 4.79 Å². The summed E-state index contributed by atoms with van der Waals surface area (Å²) in [6.07, 6.45) is 2.93. The number of ether oxygens (including phenoxy) is 2. The van der Waals surface area contributed by atoms with Crippen molar-refractivity contribution >= 4 is 14.3 Å². The number of methoxy groups -OCH3 is 1. The first-order chi connectivity index (χ1) is 11.5. The highest BCUT2D eigenvalue weighted by Crippen LogP contribution is 2.40. The summed E-state index contributed by atoms with van der Waals surface area (Å²) in [6, 6.07) is 4.69. The van der Waals surface area contributed by atoms with Crippen LogP contribution in [0.3, 0.4) is 0 Å². The summed E-state index contributed by atoms with van der Waals surface area (Å²) in [6.45, 7) is 11.3. The number of hydrogen-bond acceptors (Lipinski definition) is 4. The summed E-state index contributed by atoms with van der Waals surface area (Å²) >= 11 is 0. The van der Waals surface area contributed by atoms with Gasteiger partial charge in [-0.3, -0.25) is 0 Å². The van der Waals surface area contributed by atoms with E-state index >= 15 is 0 Å². The van der Waals surface area contributed by atoms with Crippen molar-refractivity contribution in [3.63, 3.8) is 0 Å². The van der Waals surface area contributed by atoms with Crippen molar-refractivity contribution in [2.45, 2.75) is 70.4 Å². The van der Waals surface area contributed by atoms with Gasteiger partial charge >= 0.3 is 5.97 Å². The molecular weight excluding hydrogens is 336 g/mol. The average Bonchev–Trinajstić information content (AvgIpc) is 2.92. The lowest BCUT2D eigenvalue weighted by Gasteiger charge is -2.38. The molecule has 2 rings (SSSR count). The fourth-order valence-electron chi connectivity index (χ4n) is 2.79. The zero-order valence-electron chi connectivity index (χ0n) is 16.1. The van der Waals surface area contributed by atoms with Crippen molar-refractivity contribution in [3.05, 3.63) is 23.8 Å². The molecule has 1 aromatic carbocycles. The second kappa shape index (κ2) is 7.38. The molecule has 6 heteroatoms. The lowest BCUT2D eigenvalue weighted by molar-refractivity contribution is 0.0695. The Balaban J connectivity index is 2.04. The van der Waals surface area contributed by atoms with E-state index in [9.17, 15) is 4.79 Å². The first-order valence-electron chi connectivity index (χ1n) is 8.79. The summed E-state index contributed by atoms with van der Waals surface area (Å²) in [5.41, 5.74) is 0.197. The Kier molecular flexibility index (Phi) is 5.84. The third kappa shape index (κ3) is 4.76. The highest BCUT2D eigenvalue weighted by Gasteiger charge is 2.41. The maximum atomic E-state index is 11.2. The lowest BCUT2D eigenvalue weighted by Crippen LogP contribution is -2.43. The standard InChI is InChI=1S/C19H30O5Si/c1-19(2,3)25(5,6)24-15-9-8-14(12-15)23-17-11-13(18(20)21)7-10-16(17)22-4/h7,10-11,14-15H,8-9,12H2,1-6H3,(H,20,21)/t14-,15+/m1/s1. The fourth-order valence-corrected chi connectivity index (χ4v) is 4.19. The van der Waals surface area contributed by atoms with Crippen LogP contribution in [-0.4, -0.2) is 38.7 Å². The highest BCUT2D eigenvalue weighted by molar-refractivity contribution is 6.74. The third-order valence-electron chi connectivity index (χ3n) is 5.31. The maximum absolute atomic E-state index is 11.2. The molecule has 1 fully saturated rings. The Hall–Kier alpha value is -1.53. The van der Waals surface area contributed by atoms with Gasteiger partial charge in [-0.1, -0.05) is 20.8 Å². The van der Waals surface area contributed by atoms with Gasteiger partial charge in [0.05, 0.1) is 12.7 Å². The number of carbonyl (C=O) groups is 1. The van der Waals surface area contributed by atoms with Crippen LogP contribution in [0, 0.1) is 0 Å². The van der Waals surface area contributed by atoms with Crippen LogP contribution in [0.25, 0.3) is 0 Å². The van der Waals surface area contributed by atoms with Gasteiger partial charge in [-0.15, -0.1) is 0 Å². The molecule has 5 nitrogen and oxygen atoms in total. The van der Waals surface area contributed by atoms with Crippen LogP contribution in [0.4, 0.5) is 0 Å².